The number of likely N-dealkylation sites (tertiary alicyclic amines) is 1. The summed E-state index contributed by atoms with van der Waals surface area (Å²) in [6, 6.07) is 15.0. The van der Waals surface area contributed by atoms with Gasteiger partial charge in [-0.1, -0.05) is 17.7 Å². The molecule has 1 atom stereocenters. The largest absolute Gasteiger partial charge is 0.497 e. The smallest absolute Gasteiger partial charge is 0.264 e. The zero-order valence-corrected chi connectivity index (χ0v) is 25.1. The summed E-state index contributed by atoms with van der Waals surface area (Å²) in [6.45, 7) is 2.78. The molecular formula is C31H33ClN4O5S. The van der Waals surface area contributed by atoms with Crippen molar-refractivity contribution in [2.75, 3.05) is 24.5 Å². The van der Waals surface area contributed by atoms with E-state index < -0.39 is 15.4 Å². The summed E-state index contributed by atoms with van der Waals surface area (Å²) < 4.78 is 35.8. The molecule has 11 heteroatoms. The number of rotatable bonds is 7. The first-order valence-corrected chi connectivity index (χ1v) is 15.9. The molecule has 1 aromatic heterocycles. The van der Waals surface area contributed by atoms with Gasteiger partial charge in [-0.2, -0.15) is 0 Å². The highest BCUT2D eigenvalue weighted by atomic mass is 35.5. The lowest BCUT2D eigenvalue weighted by Crippen LogP contribution is -2.54. The van der Waals surface area contributed by atoms with Crippen molar-refractivity contribution in [3.8, 4) is 5.75 Å². The van der Waals surface area contributed by atoms with Crippen molar-refractivity contribution in [3.05, 3.63) is 82.6 Å². The summed E-state index contributed by atoms with van der Waals surface area (Å²) in [5.41, 5.74) is 1.90. The zero-order valence-electron chi connectivity index (χ0n) is 23.5. The van der Waals surface area contributed by atoms with E-state index in [0.717, 1.165) is 18.4 Å². The minimum absolute atomic E-state index is 0.00760. The quantitative estimate of drug-likeness (QED) is 0.422. The van der Waals surface area contributed by atoms with Crippen LogP contribution in [-0.4, -0.2) is 56.4 Å². The molecule has 9 nitrogen and oxygen atoms in total. The number of hydrogen-bond donors (Lipinski definition) is 1. The number of pyridine rings is 1. The molecule has 220 valence electrons. The number of aromatic nitrogens is 1. The van der Waals surface area contributed by atoms with E-state index in [0.29, 0.717) is 53.6 Å². The molecule has 2 amide bonds. The van der Waals surface area contributed by atoms with Crippen LogP contribution in [0.25, 0.3) is 0 Å². The van der Waals surface area contributed by atoms with E-state index in [1.807, 2.05) is 11.0 Å². The molecule has 42 heavy (non-hydrogen) atoms. The molecule has 0 bridgehead atoms. The predicted molar refractivity (Wildman–Crippen MR) is 159 cm³/mol. The van der Waals surface area contributed by atoms with E-state index in [4.69, 9.17) is 16.3 Å². The number of amides is 2. The van der Waals surface area contributed by atoms with Crippen LogP contribution >= 0.6 is 11.6 Å². The number of carbonyl (C=O) groups excluding carboxylic acids is 2. The van der Waals surface area contributed by atoms with E-state index in [2.05, 4.69) is 10.3 Å². The molecule has 1 N–H and O–H groups in total. The third-order valence-electron chi connectivity index (χ3n) is 8.87. The lowest BCUT2D eigenvalue weighted by atomic mass is 9.68. The second-order valence-electron chi connectivity index (χ2n) is 11.3. The van der Waals surface area contributed by atoms with Crippen molar-refractivity contribution in [1.82, 2.24) is 15.2 Å². The maximum Gasteiger partial charge on any atom is 0.264 e. The van der Waals surface area contributed by atoms with Gasteiger partial charge in [0, 0.05) is 43.3 Å². The van der Waals surface area contributed by atoms with Gasteiger partial charge in [0.05, 0.1) is 41.0 Å². The third kappa shape index (κ3) is 4.90. The van der Waals surface area contributed by atoms with Crippen LogP contribution < -0.4 is 14.4 Å². The van der Waals surface area contributed by atoms with Crippen molar-refractivity contribution >= 4 is 39.1 Å². The normalized spacial score (nSPS) is 19.5. The Morgan fingerprint density at radius 2 is 1.86 bits per heavy atom. The average Bonchev–Trinajstić information content (AvgIpc) is 3.80. The minimum atomic E-state index is -3.98. The summed E-state index contributed by atoms with van der Waals surface area (Å²) in [5.74, 6) is 0.356. The number of piperidine rings is 1. The molecule has 1 saturated carbocycles. The predicted octanol–water partition coefficient (Wildman–Crippen LogP) is 4.54. The molecule has 1 unspecified atom stereocenters. The standard InChI is InChI=1S/C31H33ClN4O5S/c1-20(37)35-15-12-31(13-16-35)25-17-22(30(38)34-19-27-26(32)7-4-14-33-27)10-11-28(25)36(29(31)21-8-9-21)42(39,40)24-6-3-5-23(18-24)41-2/h3-7,10-11,14,17-18,21,29H,8-9,12-13,15-16,19H2,1-2H3,(H,34,38). The highest BCUT2D eigenvalue weighted by molar-refractivity contribution is 7.93. The molecule has 3 aliphatic rings. The van der Waals surface area contributed by atoms with Crippen molar-refractivity contribution < 1.29 is 22.7 Å². The maximum absolute atomic E-state index is 14.4. The topological polar surface area (TPSA) is 109 Å². The molecule has 0 radical (unpaired) electrons. The highest BCUT2D eigenvalue weighted by Gasteiger charge is 2.60. The molecule has 2 fully saturated rings. The second kappa shape index (κ2) is 10.9. The summed E-state index contributed by atoms with van der Waals surface area (Å²) in [5, 5.41) is 3.37. The number of hydrogen-bond acceptors (Lipinski definition) is 6. The fourth-order valence-electron chi connectivity index (χ4n) is 6.61. The third-order valence-corrected chi connectivity index (χ3v) is 11.0. The van der Waals surface area contributed by atoms with Gasteiger partial charge in [0.25, 0.3) is 15.9 Å². The molecule has 2 aromatic carbocycles. The van der Waals surface area contributed by atoms with E-state index in [1.165, 1.54) is 7.11 Å². The summed E-state index contributed by atoms with van der Waals surface area (Å²) in [4.78, 5) is 31.8. The summed E-state index contributed by atoms with van der Waals surface area (Å²) >= 11 is 6.23. The number of ether oxygens (including phenoxy) is 1. The first-order chi connectivity index (χ1) is 20.2. The van der Waals surface area contributed by atoms with Crippen molar-refractivity contribution in [3.63, 3.8) is 0 Å². The Morgan fingerprint density at radius 3 is 2.52 bits per heavy atom. The van der Waals surface area contributed by atoms with Crippen molar-refractivity contribution in [2.45, 2.75) is 55.5 Å². The van der Waals surface area contributed by atoms with Crippen LogP contribution in [0.3, 0.4) is 0 Å². The zero-order chi connectivity index (χ0) is 29.6. The number of carbonyl (C=O) groups is 2. The fraction of sp³-hybridized carbons (Fsp3) is 0.387. The van der Waals surface area contributed by atoms with Crippen LogP contribution in [-0.2, 0) is 26.8 Å². The van der Waals surface area contributed by atoms with Crippen LogP contribution in [0, 0.1) is 5.92 Å². The number of nitrogens with zero attached hydrogens (tertiary/aromatic N) is 3. The molecule has 3 aromatic rings. The number of anilines is 1. The van der Waals surface area contributed by atoms with E-state index in [-0.39, 0.29) is 35.2 Å². The van der Waals surface area contributed by atoms with Crippen LogP contribution in [0.4, 0.5) is 5.69 Å². The van der Waals surface area contributed by atoms with Gasteiger partial charge in [0.2, 0.25) is 5.91 Å². The lowest BCUT2D eigenvalue weighted by Gasteiger charge is -2.45. The van der Waals surface area contributed by atoms with Crippen LogP contribution in [0.5, 0.6) is 5.75 Å². The minimum Gasteiger partial charge on any atom is -0.497 e. The Hall–Kier alpha value is -3.63. The number of sulfonamides is 1. The van der Waals surface area contributed by atoms with Crippen molar-refractivity contribution in [1.29, 1.82) is 0 Å². The molecule has 1 saturated heterocycles. The second-order valence-corrected chi connectivity index (χ2v) is 13.5. The van der Waals surface area contributed by atoms with Gasteiger partial charge in [-0.15, -0.1) is 0 Å². The Labute approximate surface area is 250 Å². The Balaban J connectivity index is 1.43. The van der Waals surface area contributed by atoms with Crippen LogP contribution in [0.15, 0.2) is 65.7 Å². The molecule has 2 aliphatic heterocycles. The van der Waals surface area contributed by atoms with E-state index in [1.54, 1.807) is 66.0 Å². The summed E-state index contributed by atoms with van der Waals surface area (Å²) in [6.07, 6.45) is 4.70. The van der Waals surface area contributed by atoms with Crippen LogP contribution in [0.1, 0.15) is 54.2 Å². The number of benzene rings is 2. The lowest BCUT2D eigenvalue weighted by molar-refractivity contribution is -0.130. The van der Waals surface area contributed by atoms with E-state index >= 15 is 0 Å². The van der Waals surface area contributed by atoms with Gasteiger partial charge < -0.3 is 15.0 Å². The maximum atomic E-state index is 14.4. The van der Waals surface area contributed by atoms with Crippen LogP contribution in [0.2, 0.25) is 5.02 Å². The van der Waals surface area contributed by atoms with Gasteiger partial charge in [-0.25, -0.2) is 8.42 Å². The van der Waals surface area contributed by atoms with Crippen molar-refractivity contribution in [2.24, 2.45) is 5.92 Å². The number of halogens is 1. The molecule has 1 aliphatic carbocycles. The fourth-order valence-corrected chi connectivity index (χ4v) is 8.63. The first-order valence-electron chi connectivity index (χ1n) is 14.1. The summed E-state index contributed by atoms with van der Waals surface area (Å²) in [7, 11) is -2.47. The number of fused-ring (bicyclic) bond motifs is 2. The number of nitrogens with one attached hydrogen (secondary N) is 1. The van der Waals surface area contributed by atoms with Gasteiger partial charge in [-0.05, 0) is 79.6 Å². The molecule has 6 rings (SSSR count). The number of methoxy groups -OCH3 is 1. The molecule has 1 spiro atoms. The van der Waals surface area contributed by atoms with Gasteiger partial charge in [0.1, 0.15) is 5.75 Å². The Kier molecular flexibility index (Phi) is 7.39. The van der Waals surface area contributed by atoms with Gasteiger partial charge >= 0.3 is 0 Å². The van der Waals surface area contributed by atoms with E-state index in [9.17, 15) is 18.0 Å². The Bertz CT molecular complexity index is 1650. The molecular weight excluding hydrogens is 576 g/mol. The van der Waals surface area contributed by atoms with Gasteiger partial charge in [-0.3, -0.25) is 18.9 Å². The SMILES string of the molecule is COc1cccc(S(=O)(=O)N2c3ccc(C(=O)NCc4ncccc4Cl)cc3C3(CCN(C(C)=O)CC3)C2C2CC2)c1. The first kappa shape index (κ1) is 28.5. The highest BCUT2D eigenvalue weighted by Crippen LogP contribution is 2.59. The monoisotopic (exact) mass is 608 g/mol. The molecule has 3 heterocycles. The average molecular weight is 609 g/mol. The Morgan fingerprint density at radius 1 is 1.10 bits per heavy atom. The van der Waals surface area contributed by atoms with Gasteiger partial charge in [0.15, 0.2) is 0 Å².